The molecule has 2 aromatic rings. The number of likely N-dealkylation sites (N-methyl/N-ethyl adjacent to an activating group) is 1. The van der Waals surface area contributed by atoms with E-state index in [1.165, 1.54) is 5.56 Å². The molecule has 2 aliphatic heterocycles. The summed E-state index contributed by atoms with van der Waals surface area (Å²) in [5.41, 5.74) is 3.47. The molecule has 0 radical (unpaired) electrons. The summed E-state index contributed by atoms with van der Waals surface area (Å²) in [5, 5.41) is 3.02. The molecule has 1 atom stereocenters. The molecule has 0 saturated carbocycles. The number of pyridine rings is 1. The Labute approximate surface area is 148 Å². The maximum Gasteiger partial charge on any atom is 0.220 e. The Kier molecular flexibility index (Phi) is 4.25. The van der Waals surface area contributed by atoms with Crippen molar-refractivity contribution in [3.05, 3.63) is 35.8 Å². The monoisotopic (exact) mass is 341 g/mol. The molecule has 1 N–H and O–H groups in total. The average molecular weight is 341 g/mol. The molecule has 6 nitrogen and oxygen atoms in total. The second-order valence-corrected chi connectivity index (χ2v) is 7.66. The van der Waals surface area contributed by atoms with Crippen LogP contribution in [-0.2, 0) is 11.3 Å². The molecule has 2 saturated heterocycles. The van der Waals surface area contributed by atoms with Crippen molar-refractivity contribution in [3.8, 4) is 0 Å². The lowest BCUT2D eigenvalue weighted by molar-refractivity contribution is -0.121. The largest absolute Gasteiger partial charge is 0.356 e. The summed E-state index contributed by atoms with van der Waals surface area (Å²) >= 11 is 0. The number of hydrogen-bond donors (Lipinski definition) is 1. The highest BCUT2D eigenvalue weighted by atomic mass is 16.1. The number of carbonyl (C=O) groups is 1. The van der Waals surface area contributed by atoms with E-state index in [1.807, 2.05) is 0 Å². The van der Waals surface area contributed by atoms with Crippen LogP contribution >= 0.6 is 0 Å². The fraction of sp³-hybridized carbons (Fsp3) is 0.579. The molecule has 0 unspecified atom stereocenters. The van der Waals surface area contributed by atoms with E-state index in [4.69, 9.17) is 4.98 Å². The van der Waals surface area contributed by atoms with E-state index in [0.29, 0.717) is 6.42 Å². The van der Waals surface area contributed by atoms with Crippen LogP contribution in [0.2, 0.25) is 0 Å². The zero-order valence-electron chi connectivity index (χ0n) is 15.2. The van der Waals surface area contributed by atoms with Crippen LogP contribution in [0.1, 0.15) is 30.5 Å². The smallest absolute Gasteiger partial charge is 0.220 e. The van der Waals surface area contributed by atoms with E-state index < -0.39 is 0 Å². The summed E-state index contributed by atoms with van der Waals surface area (Å²) in [4.78, 5) is 21.5. The van der Waals surface area contributed by atoms with Gasteiger partial charge in [-0.2, -0.15) is 0 Å². The van der Waals surface area contributed by atoms with Crippen LogP contribution in [0.3, 0.4) is 0 Å². The topological polar surface area (TPSA) is 52.9 Å². The minimum Gasteiger partial charge on any atom is -0.356 e. The summed E-state index contributed by atoms with van der Waals surface area (Å²) < 4.78 is 2.12. The van der Waals surface area contributed by atoms with Crippen molar-refractivity contribution in [2.45, 2.75) is 38.3 Å². The molecular weight excluding hydrogens is 314 g/mol. The number of nitrogens with zero attached hydrogens (tertiary/aromatic N) is 4. The summed E-state index contributed by atoms with van der Waals surface area (Å²) in [5.74, 6) is 0.193. The Morgan fingerprint density at radius 1 is 1.24 bits per heavy atom. The Balaban J connectivity index is 1.51. The van der Waals surface area contributed by atoms with Crippen LogP contribution in [0, 0.1) is 6.92 Å². The standard InChI is InChI=1S/C19H27N5O/c1-15-3-4-17-21-16(13-24(17)11-15)12-23-10-9-22(2)19(14-23)6-5-18(25)20-8-7-19/h3-4,11,13H,5-10,12,14H2,1-2H3,(H,20,25)/t19-/m0/s1. The van der Waals surface area contributed by atoms with Gasteiger partial charge in [0.05, 0.1) is 5.69 Å². The summed E-state index contributed by atoms with van der Waals surface area (Å²) in [6.07, 6.45) is 6.86. The molecule has 2 aromatic heterocycles. The second kappa shape index (κ2) is 6.42. The summed E-state index contributed by atoms with van der Waals surface area (Å²) in [7, 11) is 2.21. The van der Waals surface area contributed by atoms with Gasteiger partial charge >= 0.3 is 0 Å². The lowest BCUT2D eigenvalue weighted by atomic mass is 9.86. The first-order chi connectivity index (χ1) is 12.0. The van der Waals surface area contributed by atoms with Gasteiger partial charge in [-0.05, 0) is 38.4 Å². The third-order valence-corrected chi connectivity index (χ3v) is 5.84. The van der Waals surface area contributed by atoms with Gasteiger partial charge in [0.2, 0.25) is 5.91 Å². The first kappa shape index (κ1) is 16.5. The van der Waals surface area contributed by atoms with Gasteiger partial charge in [0.25, 0.3) is 0 Å². The fourth-order valence-electron chi connectivity index (χ4n) is 4.27. The van der Waals surface area contributed by atoms with Crippen molar-refractivity contribution in [3.63, 3.8) is 0 Å². The molecule has 2 aliphatic rings. The number of carbonyl (C=O) groups excluding carboxylic acids is 1. The van der Waals surface area contributed by atoms with Gasteiger partial charge < -0.3 is 9.72 Å². The summed E-state index contributed by atoms with van der Waals surface area (Å²) in [6.45, 7) is 6.85. The Morgan fingerprint density at radius 2 is 2.12 bits per heavy atom. The van der Waals surface area contributed by atoms with Crippen molar-refractivity contribution in [1.82, 2.24) is 24.5 Å². The van der Waals surface area contributed by atoms with E-state index >= 15 is 0 Å². The minimum absolute atomic E-state index is 0.104. The molecular formula is C19H27N5O. The lowest BCUT2D eigenvalue weighted by Gasteiger charge is -2.49. The molecule has 2 fully saturated rings. The number of piperazine rings is 1. The SMILES string of the molecule is Cc1ccc2nc(CN3CCN(C)[C@@]4(CCNC(=O)CC4)C3)cn2c1. The zero-order valence-corrected chi connectivity index (χ0v) is 15.2. The van der Waals surface area contributed by atoms with E-state index in [-0.39, 0.29) is 11.4 Å². The van der Waals surface area contributed by atoms with Crippen molar-refractivity contribution in [2.75, 3.05) is 33.2 Å². The number of nitrogens with one attached hydrogen (secondary N) is 1. The third-order valence-electron chi connectivity index (χ3n) is 5.84. The van der Waals surface area contributed by atoms with E-state index in [9.17, 15) is 4.79 Å². The second-order valence-electron chi connectivity index (χ2n) is 7.66. The maximum atomic E-state index is 11.8. The van der Waals surface area contributed by atoms with E-state index in [2.05, 4.69) is 58.0 Å². The summed E-state index contributed by atoms with van der Waals surface area (Å²) in [6, 6.07) is 4.18. The predicted octanol–water partition coefficient (Wildman–Crippen LogP) is 1.43. The van der Waals surface area contributed by atoms with Crippen LogP contribution in [0.25, 0.3) is 5.65 Å². The number of hydrogen-bond acceptors (Lipinski definition) is 4. The van der Waals surface area contributed by atoms with Gasteiger partial charge in [0.1, 0.15) is 5.65 Å². The molecule has 25 heavy (non-hydrogen) atoms. The van der Waals surface area contributed by atoms with Crippen molar-refractivity contribution in [2.24, 2.45) is 0 Å². The normalized spacial score (nSPS) is 26.1. The van der Waals surface area contributed by atoms with Gasteiger partial charge in [0.15, 0.2) is 0 Å². The van der Waals surface area contributed by atoms with Crippen molar-refractivity contribution >= 4 is 11.6 Å². The van der Waals surface area contributed by atoms with Gasteiger partial charge in [-0.25, -0.2) is 4.98 Å². The maximum absolute atomic E-state index is 11.8. The quantitative estimate of drug-likeness (QED) is 0.898. The highest BCUT2D eigenvalue weighted by molar-refractivity contribution is 5.76. The number of amides is 1. The number of fused-ring (bicyclic) bond motifs is 1. The number of aryl methyl sites for hydroxylation is 1. The third kappa shape index (κ3) is 3.28. The van der Waals surface area contributed by atoms with Crippen LogP contribution < -0.4 is 5.32 Å². The van der Waals surface area contributed by atoms with Crippen molar-refractivity contribution < 1.29 is 4.79 Å². The van der Waals surface area contributed by atoms with Crippen LogP contribution in [0.15, 0.2) is 24.5 Å². The first-order valence-corrected chi connectivity index (χ1v) is 9.19. The highest BCUT2D eigenvalue weighted by Gasteiger charge is 2.40. The predicted molar refractivity (Wildman–Crippen MR) is 97.4 cm³/mol. The molecule has 134 valence electrons. The van der Waals surface area contributed by atoms with Gasteiger partial charge in [0, 0.05) is 57.1 Å². The van der Waals surface area contributed by atoms with Crippen LogP contribution in [-0.4, -0.2) is 63.9 Å². The molecule has 1 amide bonds. The van der Waals surface area contributed by atoms with E-state index in [1.54, 1.807) is 0 Å². The Bertz CT molecular complexity index is 785. The fourth-order valence-corrected chi connectivity index (χ4v) is 4.27. The number of aromatic nitrogens is 2. The van der Waals surface area contributed by atoms with Gasteiger partial charge in [-0.1, -0.05) is 6.07 Å². The number of rotatable bonds is 2. The lowest BCUT2D eigenvalue weighted by Crippen LogP contribution is -2.60. The van der Waals surface area contributed by atoms with Crippen LogP contribution in [0.4, 0.5) is 0 Å². The minimum atomic E-state index is 0.104. The molecule has 4 rings (SSSR count). The van der Waals surface area contributed by atoms with Gasteiger partial charge in [-0.15, -0.1) is 0 Å². The molecule has 1 spiro atoms. The first-order valence-electron chi connectivity index (χ1n) is 9.19. The molecule has 0 aromatic carbocycles. The van der Waals surface area contributed by atoms with Crippen LogP contribution in [0.5, 0.6) is 0 Å². The molecule has 0 aliphatic carbocycles. The highest BCUT2D eigenvalue weighted by Crippen LogP contribution is 2.31. The zero-order chi connectivity index (χ0) is 17.4. The number of imidazole rings is 1. The van der Waals surface area contributed by atoms with Gasteiger partial charge in [-0.3, -0.25) is 14.6 Å². The molecule has 4 heterocycles. The Hall–Kier alpha value is -1.92. The van der Waals surface area contributed by atoms with E-state index in [0.717, 1.165) is 56.9 Å². The average Bonchev–Trinajstić information content (AvgIpc) is 2.87. The molecule has 6 heteroatoms. The Morgan fingerprint density at radius 3 is 3.00 bits per heavy atom. The van der Waals surface area contributed by atoms with Crippen molar-refractivity contribution in [1.29, 1.82) is 0 Å². The molecule has 0 bridgehead atoms.